The van der Waals surface area contributed by atoms with E-state index in [2.05, 4.69) is 10.6 Å². The van der Waals surface area contributed by atoms with E-state index >= 15 is 0 Å². The second-order valence-corrected chi connectivity index (χ2v) is 5.30. The van der Waals surface area contributed by atoms with Crippen LogP contribution in [0.15, 0.2) is 48.5 Å². The first-order chi connectivity index (χ1) is 12.1. The van der Waals surface area contributed by atoms with E-state index in [1.54, 1.807) is 25.1 Å². The van der Waals surface area contributed by atoms with E-state index in [0.717, 1.165) is 11.3 Å². The molecule has 2 aromatic rings. The number of ether oxygens (including phenoxy) is 2. The molecule has 0 aliphatic heterocycles. The van der Waals surface area contributed by atoms with E-state index in [9.17, 15) is 9.59 Å². The smallest absolute Gasteiger partial charge is 0.340 e. The molecule has 6 nitrogen and oxygen atoms in total. The van der Waals surface area contributed by atoms with Gasteiger partial charge in [0.1, 0.15) is 6.61 Å². The van der Waals surface area contributed by atoms with Crippen molar-refractivity contribution < 1.29 is 19.1 Å². The molecule has 25 heavy (non-hydrogen) atoms. The number of carbonyl (C=O) groups excluding carboxylic acids is 2. The molecule has 2 N–H and O–H groups in total. The maximum Gasteiger partial charge on any atom is 0.340 e. The number of methoxy groups -OCH3 is 1. The van der Waals surface area contributed by atoms with Gasteiger partial charge in [-0.3, -0.25) is 4.79 Å². The van der Waals surface area contributed by atoms with Crippen LogP contribution < -0.4 is 10.6 Å². The number of esters is 1. The Morgan fingerprint density at radius 3 is 2.52 bits per heavy atom. The Labute approximate surface area is 147 Å². The summed E-state index contributed by atoms with van der Waals surface area (Å²) < 4.78 is 9.85. The van der Waals surface area contributed by atoms with Crippen LogP contribution in [0.1, 0.15) is 22.8 Å². The fraction of sp³-hybridized carbons (Fsp3) is 0.263. The van der Waals surface area contributed by atoms with Gasteiger partial charge in [0, 0.05) is 19.3 Å². The molecule has 0 aliphatic rings. The van der Waals surface area contributed by atoms with Crippen molar-refractivity contribution in [2.24, 2.45) is 0 Å². The highest BCUT2D eigenvalue weighted by Crippen LogP contribution is 2.23. The number of amides is 1. The number of anilines is 2. The average molecular weight is 342 g/mol. The molecule has 0 atom stereocenters. The first-order valence-electron chi connectivity index (χ1n) is 8.01. The van der Waals surface area contributed by atoms with Gasteiger partial charge in [0.25, 0.3) is 0 Å². The van der Waals surface area contributed by atoms with Crippen LogP contribution in [-0.2, 0) is 20.8 Å². The summed E-state index contributed by atoms with van der Waals surface area (Å²) >= 11 is 0. The SMILES string of the molecule is CCOC(=O)c1ccc(NCc2ccccc2)cc1NC(=O)COC. The van der Waals surface area contributed by atoms with Gasteiger partial charge >= 0.3 is 5.97 Å². The van der Waals surface area contributed by atoms with E-state index in [1.165, 1.54) is 7.11 Å². The average Bonchev–Trinajstić information content (AvgIpc) is 2.61. The zero-order chi connectivity index (χ0) is 18.1. The Morgan fingerprint density at radius 2 is 1.84 bits per heavy atom. The van der Waals surface area contributed by atoms with E-state index in [0.29, 0.717) is 17.8 Å². The van der Waals surface area contributed by atoms with Gasteiger partial charge in [0.2, 0.25) is 5.91 Å². The summed E-state index contributed by atoms with van der Waals surface area (Å²) in [4.78, 5) is 23.9. The number of nitrogens with one attached hydrogen (secondary N) is 2. The lowest BCUT2D eigenvalue weighted by atomic mass is 10.1. The molecule has 2 rings (SSSR count). The molecule has 132 valence electrons. The largest absolute Gasteiger partial charge is 0.462 e. The molecule has 0 heterocycles. The summed E-state index contributed by atoms with van der Waals surface area (Å²) in [5, 5.41) is 5.95. The van der Waals surface area contributed by atoms with Crippen molar-refractivity contribution in [1.29, 1.82) is 0 Å². The summed E-state index contributed by atoms with van der Waals surface area (Å²) in [6.45, 7) is 2.53. The van der Waals surface area contributed by atoms with Crippen LogP contribution in [0, 0.1) is 0 Å². The Morgan fingerprint density at radius 1 is 1.08 bits per heavy atom. The normalized spacial score (nSPS) is 10.2. The molecular weight excluding hydrogens is 320 g/mol. The first kappa shape index (κ1) is 18.5. The Kier molecular flexibility index (Phi) is 6.98. The lowest BCUT2D eigenvalue weighted by Gasteiger charge is -2.13. The summed E-state index contributed by atoms with van der Waals surface area (Å²) in [5.41, 5.74) is 2.60. The maximum atomic E-state index is 12.1. The predicted molar refractivity (Wildman–Crippen MR) is 96.7 cm³/mol. The number of hydrogen-bond donors (Lipinski definition) is 2. The highest BCUT2D eigenvalue weighted by molar-refractivity contribution is 6.02. The minimum atomic E-state index is -0.482. The molecule has 0 aliphatic carbocycles. The van der Waals surface area contributed by atoms with Crippen LogP contribution in [0.5, 0.6) is 0 Å². The maximum absolute atomic E-state index is 12.1. The molecule has 0 spiro atoms. The molecule has 2 aromatic carbocycles. The van der Waals surface area contributed by atoms with Gasteiger partial charge in [-0.15, -0.1) is 0 Å². The fourth-order valence-electron chi connectivity index (χ4n) is 2.26. The molecule has 0 radical (unpaired) electrons. The number of carbonyl (C=O) groups is 2. The summed E-state index contributed by atoms with van der Waals surface area (Å²) in [6, 6.07) is 15.1. The quantitative estimate of drug-likeness (QED) is 0.721. The molecule has 0 bridgehead atoms. The van der Waals surface area contributed by atoms with Gasteiger partial charge in [0.05, 0.1) is 17.9 Å². The van der Waals surface area contributed by atoms with E-state index < -0.39 is 5.97 Å². The minimum Gasteiger partial charge on any atom is -0.462 e. The molecule has 0 unspecified atom stereocenters. The van der Waals surface area contributed by atoms with Crippen molar-refractivity contribution in [2.75, 3.05) is 31.0 Å². The van der Waals surface area contributed by atoms with Crippen LogP contribution in [0.2, 0.25) is 0 Å². The minimum absolute atomic E-state index is 0.0933. The van der Waals surface area contributed by atoms with Crippen molar-refractivity contribution in [3.8, 4) is 0 Å². The molecule has 0 fully saturated rings. The molecule has 0 saturated heterocycles. The fourth-order valence-corrected chi connectivity index (χ4v) is 2.26. The topological polar surface area (TPSA) is 76.7 Å². The van der Waals surface area contributed by atoms with Crippen LogP contribution >= 0.6 is 0 Å². The van der Waals surface area contributed by atoms with Crippen LogP contribution in [0.3, 0.4) is 0 Å². The second kappa shape index (κ2) is 9.44. The number of hydrogen-bond acceptors (Lipinski definition) is 5. The monoisotopic (exact) mass is 342 g/mol. The number of rotatable bonds is 8. The molecule has 6 heteroatoms. The van der Waals surface area contributed by atoms with Crippen molar-refractivity contribution in [1.82, 2.24) is 0 Å². The van der Waals surface area contributed by atoms with Gasteiger partial charge in [-0.25, -0.2) is 4.79 Å². The van der Waals surface area contributed by atoms with Crippen LogP contribution in [-0.4, -0.2) is 32.2 Å². The van der Waals surface area contributed by atoms with Gasteiger partial charge in [-0.2, -0.15) is 0 Å². The summed E-state index contributed by atoms with van der Waals surface area (Å²) in [7, 11) is 1.43. The van der Waals surface area contributed by atoms with E-state index in [-0.39, 0.29) is 19.1 Å². The molecule has 1 amide bonds. The van der Waals surface area contributed by atoms with Gasteiger partial charge in [-0.1, -0.05) is 30.3 Å². The molecule has 0 saturated carbocycles. The van der Waals surface area contributed by atoms with Crippen LogP contribution in [0.4, 0.5) is 11.4 Å². The van der Waals surface area contributed by atoms with Gasteiger partial charge in [0.15, 0.2) is 0 Å². The van der Waals surface area contributed by atoms with Crippen molar-refractivity contribution >= 4 is 23.3 Å². The first-order valence-corrected chi connectivity index (χ1v) is 8.01. The molecular formula is C19H22N2O4. The zero-order valence-corrected chi connectivity index (χ0v) is 14.4. The molecule has 0 aromatic heterocycles. The lowest BCUT2D eigenvalue weighted by Crippen LogP contribution is -2.20. The lowest BCUT2D eigenvalue weighted by molar-refractivity contribution is -0.119. The predicted octanol–water partition coefficient (Wildman–Crippen LogP) is 3.06. The highest BCUT2D eigenvalue weighted by atomic mass is 16.5. The third-order valence-corrected chi connectivity index (χ3v) is 3.40. The van der Waals surface area contributed by atoms with Crippen molar-refractivity contribution in [3.05, 3.63) is 59.7 Å². The van der Waals surface area contributed by atoms with Gasteiger partial charge < -0.3 is 20.1 Å². The van der Waals surface area contributed by atoms with Crippen molar-refractivity contribution in [3.63, 3.8) is 0 Å². The standard InChI is InChI=1S/C19H22N2O4/c1-3-25-19(23)16-10-9-15(11-17(16)21-18(22)13-24-2)20-12-14-7-5-4-6-8-14/h4-11,20H,3,12-13H2,1-2H3,(H,21,22). The summed E-state index contributed by atoms with van der Waals surface area (Å²) in [6.07, 6.45) is 0. The third-order valence-electron chi connectivity index (χ3n) is 3.40. The Hall–Kier alpha value is -2.86. The summed E-state index contributed by atoms with van der Waals surface area (Å²) in [5.74, 6) is -0.821. The van der Waals surface area contributed by atoms with Crippen molar-refractivity contribution in [2.45, 2.75) is 13.5 Å². The van der Waals surface area contributed by atoms with E-state index in [1.807, 2.05) is 30.3 Å². The zero-order valence-electron chi connectivity index (χ0n) is 14.4. The second-order valence-electron chi connectivity index (χ2n) is 5.30. The third kappa shape index (κ3) is 5.61. The number of benzene rings is 2. The highest BCUT2D eigenvalue weighted by Gasteiger charge is 2.15. The van der Waals surface area contributed by atoms with E-state index in [4.69, 9.17) is 9.47 Å². The Balaban J connectivity index is 2.18. The Bertz CT molecular complexity index is 717. The van der Waals surface area contributed by atoms with Gasteiger partial charge in [-0.05, 0) is 30.7 Å². The van der Waals surface area contributed by atoms with Crippen LogP contribution in [0.25, 0.3) is 0 Å².